The first-order valence-electron chi connectivity index (χ1n) is 8.87. The summed E-state index contributed by atoms with van der Waals surface area (Å²) in [6, 6.07) is 21.5. The summed E-state index contributed by atoms with van der Waals surface area (Å²) in [5, 5.41) is 5.19. The standard InChI is InChI=1S/C22H21N3O/c1-14(2)20(21-23-18-12-5-6-13-19(18)24-21)25-22(26)17-11-7-9-15-8-3-4-10-16(15)17/h3-14,20H,1-2H3,(H,23,24)(H,25,26). The second kappa shape index (κ2) is 6.64. The topological polar surface area (TPSA) is 57.8 Å². The van der Waals surface area contributed by atoms with Crippen LogP contribution in [0.4, 0.5) is 0 Å². The van der Waals surface area contributed by atoms with E-state index in [0.717, 1.165) is 27.6 Å². The molecule has 0 aliphatic carbocycles. The van der Waals surface area contributed by atoms with Crippen molar-refractivity contribution < 1.29 is 4.79 Å². The lowest BCUT2D eigenvalue weighted by atomic mass is 10.0. The number of benzene rings is 3. The molecule has 1 unspecified atom stereocenters. The lowest BCUT2D eigenvalue weighted by Crippen LogP contribution is -2.32. The minimum Gasteiger partial charge on any atom is -0.342 e. The monoisotopic (exact) mass is 343 g/mol. The lowest BCUT2D eigenvalue weighted by Gasteiger charge is -2.21. The summed E-state index contributed by atoms with van der Waals surface area (Å²) in [5.74, 6) is 0.908. The minimum atomic E-state index is -0.186. The van der Waals surface area contributed by atoms with Crippen LogP contribution in [0.25, 0.3) is 21.8 Å². The molecule has 0 saturated carbocycles. The fourth-order valence-electron chi connectivity index (χ4n) is 3.31. The van der Waals surface area contributed by atoms with E-state index in [1.807, 2.05) is 66.7 Å². The van der Waals surface area contributed by atoms with E-state index >= 15 is 0 Å². The fourth-order valence-corrected chi connectivity index (χ4v) is 3.31. The number of hydrogen-bond donors (Lipinski definition) is 2. The maximum atomic E-state index is 13.0. The molecule has 0 fully saturated rings. The van der Waals surface area contributed by atoms with Crippen LogP contribution >= 0.6 is 0 Å². The van der Waals surface area contributed by atoms with Crippen molar-refractivity contribution in [2.75, 3.05) is 0 Å². The molecule has 0 spiro atoms. The summed E-state index contributed by atoms with van der Waals surface area (Å²) in [6.07, 6.45) is 0. The van der Waals surface area contributed by atoms with Gasteiger partial charge in [-0.1, -0.05) is 62.4 Å². The van der Waals surface area contributed by atoms with Crippen molar-refractivity contribution in [2.24, 2.45) is 5.92 Å². The van der Waals surface area contributed by atoms with Crippen molar-refractivity contribution in [3.8, 4) is 0 Å². The Hall–Kier alpha value is -3.14. The van der Waals surface area contributed by atoms with Gasteiger partial charge >= 0.3 is 0 Å². The Kier molecular flexibility index (Phi) is 4.17. The SMILES string of the molecule is CC(C)C(NC(=O)c1cccc2ccccc12)c1nc2ccccc2[nH]1. The Morgan fingerprint density at radius 3 is 2.50 bits per heavy atom. The third-order valence-electron chi connectivity index (χ3n) is 4.69. The summed E-state index contributed by atoms with van der Waals surface area (Å²) in [6.45, 7) is 4.17. The van der Waals surface area contributed by atoms with Gasteiger partial charge in [0.15, 0.2) is 0 Å². The Morgan fingerprint density at radius 2 is 1.69 bits per heavy atom. The van der Waals surface area contributed by atoms with E-state index in [9.17, 15) is 4.79 Å². The van der Waals surface area contributed by atoms with Crippen LogP contribution in [0, 0.1) is 5.92 Å². The van der Waals surface area contributed by atoms with Gasteiger partial charge in [-0.25, -0.2) is 4.98 Å². The predicted molar refractivity (Wildman–Crippen MR) is 105 cm³/mol. The van der Waals surface area contributed by atoms with Crippen LogP contribution < -0.4 is 5.32 Å². The number of amides is 1. The predicted octanol–water partition coefficient (Wildman–Crippen LogP) is 4.84. The third-order valence-corrected chi connectivity index (χ3v) is 4.69. The van der Waals surface area contributed by atoms with Gasteiger partial charge < -0.3 is 10.3 Å². The van der Waals surface area contributed by atoms with Gasteiger partial charge in [-0.3, -0.25) is 4.79 Å². The van der Waals surface area contributed by atoms with E-state index in [1.54, 1.807) is 0 Å². The summed E-state index contributed by atoms with van der Waals surface area (Å²) >= 11 is 0. The molecule has 3 aromatic carbocycles. The van der Waals surface area contributed by atoms with Crippen molar-refractivity contribution in [3.63, 3.8) is 0 Å². The minimum absolute atomic E-state index is 0.0824. The molecule has 1 amide bonds. The molecule has 4 rings (SSSR count). The molecule has 1 atom stereocenters. The second-order valence-corrected chi connectivity index (χ2v) is 6.86. The highest BCUT2D eigenvalue weighted by Gasteiger charge is 2.23. The molecule has 4 heteroatoms. The number of imidazole rings is 1. The van der Waals surface area contributed by atoms with Crippen LogP contribution in [-0.2, 0) is 0 Å². The van der Waals surface area contributed by atoms with Crippen molar-refractivity contribution in [3.05, 3.63) is 78.1 Å². The van der Waals surface area contributed by atoms with Gasteiger partial charge in [-0.15, -0.1) is 0 Å². The zero-order valence-electron chi connectivity index (χ0n) is 14.9. The number of nitrogens with zero attached hydrogens (tertiary/aromatic N) is 1. The Morgan fingerprint density at radius 1 is 0.962 bits per heavy atom. The lowest BCUT2D eigenvalue weighted by molar-refractivity contribution is 0.0925. The molecule has 0 bridgehead atoms. The molecule has 26 heavy (non-hydrogen) atoms. The van der Waals surface area contributed by atoms with E-state index in [4.69, 9.17) is 0 Å². The molecule has 0 aliphatic rings. The van der Waals surface area contributed by atoms with E-state index in [1.165, 1.54) is 0 Å². The third kappa shape index (κ3) is 2.94. The van der Waals surface area contributed by atoms with Crippen molar-refractivity contribution in [2.45, 2.75) is 19.9 Å². The van der Waals surface area contributed by atoms with Crippen LogP contribution in [0.5, 0.6) is 0 Å². The molecule has 0 radical (unpaired) electrons. The number of hydrogen-bond acceptors (Lipinski definition) is 2. The number of carbonyl (C=O) groups is 1. The summed E-state index contributed by atoms with van der Waals surface area (Å²) in [7, 11) is 0. The van der Waals surface area contributed by atoms with Crippen LogP contribution in [-0.4, -0.2) is 15.9 Å². The zero-order chi connectivity index (χ0) is 18.1. The summed E-state index contributed by atoms with van der Waals surface area (Å²) < 4.78 is 0. The van der Waals surface area contributed by atoms with E-state index in [-0.39, 0.29) is 17.9 Å². The maximum Gasteiger partial charge on any atom is 0.252 e. The quantitative estimate of drug-likeness (QED) is 0.557. The Labute approximate surface area is 152 Å². The van der Waals surface area contributed by atoms with E-state index < -0.39 is 0 Å². The molecule has 1 aromatic heterocycles. The van der Waals surface area contributed by atoms with E-state index in [0.29, 0.717) is 5.56 Å². The molecule has 0 aliphatic heterocycles. The number of aromatic amines is 1. The maximum absolute atomic E-state index is 13.0. The van der Waals surface area contributed by atoms with Gasteiger partial charge in [0.05, 0.1) is 17.1 Å². The number of para-hydroxylation sites is 2. The van der Waals surface area contributed by atoms with Gasteiger partial charge in [0.25, 0.3) is 5.91 Å². The molecule has 4 nitrogen and oxygen atoms in total. The summed E-state index contributed by atoms with van der Waals surface area (Å²) in [4.78, 5) is 21.0. The van der Waals surface area contributed by atoms with Crippen molar-refractivity contribution in [1.82, 2.24) is 15.3 Å². The van der Waals surface area contributed by atoms with Crippen LogP contribution in [0.15, 0.2) is 66.7 Å². The first-order chi connectivity index (χ1) is 12.6. The first kappa shape index (κ1) is 16.3. The van der Waals surface area contributed by atoms with Gasteiger partial charge in [0.2, 0.25) is 0 Å². The normalized spacial score (nSPS) is 12.6. The molecule has 4 aromatic rings. The van der Waals surface area contributed by atoms with Gasteiger partial charge in [0.1, 0.15) is 5.82 Å². The van der Waals surface area contributed by atoms with Gasteiger partial charge in [0, 0.05) is 5.56 Å². The number of carbonyl (C=O) groups excluding carboxylic acids is 1. The molecular weight excluding hydrogens is 322 g/mol. The Balaban J connectivity index is 1.69. The Bertz CT molecular complexity index is 1040. The smallest absolute Gasteiger partial charge is 0.252 e. The fraction of sp³-hybridized carbons (Fsp3) is 0.182. The highest BCUT2D eigenvalue weighted by Crippen LogP contribution is 2.24. The van der Waals surface area contributed by atoms with Crippen LogP contribution in [0.2, 0.25) is 0 Å². The highest BCUT2D eigenvalue weighted by atomic mass is 16.1. The van der Waals surface area contributed by atoms with Crippen LogP contribution in [0.3, 0.4) is 0 Å². The number of aromatic nitrogens is 2. The average molecular weight is 343 g/mol. The van der Waals surface area contributed by atoms with E-state index in [2.05, 4.69) is 29.1 Å². The van der Waals surface area contributed by atoms with Crippen LogP contribution in [0.1, 0.15) is 36.1 Å². The summed E-state index contributed by atoms with van der Waals surface area (Å²) in [5.41, 5.74) is 2.57. The highest BCUT2D eigenvalue weighted by molar-refractivity contribution is 6.07. The molecule has 1 heterocycles. The molecule has 0 saturated heterocycles. The van der Waals surface area contributed by atoms with Crippen molar-refractivity contribution >= 4 is 27.7 Å². The van der Waals surface area contributed by atoms with Crippen molar-refractivity contribution in [1.29, 1.82) is 0 Å². The average Bonchev–Trinajstić information content (AvgIpc) is 3.08. The number of rotatable bonds is 4. The zero-order valence-corrected chi connectivity index (χ0v) is 14.9. The number of fused-ring (bicyclic) bond motifs is 2. The number of nitrogens with one attached hydrogen (secondary N) is 2. The molecule has 130 valence electrons. The molecular formula is C22H21N3O. The largest absolute Gasteiger partial charge is 0.342 e. The van der Waals surface area contributed by atoms with Gasteiger partial charge in [-0.05, 0) is 34.9 Å². The van der Waals surface area contributed by atoms with Gasteiger partial charge in [-0.2, -0.15) is 0 Å². The first-order valence-corrected chi connectivity index (χ1v) is 8.87. The second-order valence-electron chi connectivity index (χ2n) is 6.86. The number of H-pyrrole nitrogens is 1. The molecule has 2 N–H and O–H groups in total.